The zero-order valence-corrected chi connectivity index (χ0v) is 15.6. The summed E-state index contributed by atoms with van der Waals surface area (Å²) in [6.07, 6.45) is 0. The summed E-state index contributed by atoms with van der Waals surface area (Å²) in [7, 11) is 1.10. The normalized spacial score (nSPS) is 10.1. The summed E-state index contributed by atoms with van der Waals surface area (Å²) < 4.78 is 9.38. The Kier molecular flexibility index (Phi) is 6.67. The predicted octanol–water partition coefficient (Wildman–Crippen LogP) is 3.14. The highest BCUT2D eigenvalue weighted by molar-refractivity contribution is 6.31. The van der Waals surface area contributed by atoms with E-state index in [1.807, 2.05) is 0 Å². The highest BCUT2D eigenvalue weighted by Gasteiger charge is 2.20. The Hall–Kier alpha value is -3.46. The second-order valence-electron chi connectivity index (χ2n) is 5.55. The summed E-state index contributed by atoms with van der Waals surface area (Å²) in [5, 5.41) is 14.0. The van der Waals surface area contributed by atoms with Crippen molar-refractivity contribution in [2.75, 3.05) is 19.0 Å². The first-order valence-electron chi connectivity index (χ1n) is 7.82. The van der Waals surface area contributed by atoms with Crippen LogP contribution in [-0.4, -0.2) is 36.5 Å². The molecule has 0 aliphatic carbocycles. The van der Waals surface area contributed by atoms with Crippen LogP contribution in [0.5, 0.6) is 0 Å². The van der Waals surface area contributed by atoms with E-state index in [1.54, 1.807) is 25.1 Å². The molecular weight excluding hydrogens is 392 g/mol. The van der Waals surface area contributed by atoms with Crippen LogP contribution in [0.15, 0.2) is 36.4 Å². The van der Waals surface area contributed by atoms with Crippen LogP contribution in [-0.2, 0) is 14.3 Å². The number of esters is 2. The van der Waals surface area contributed by atoms with Crippen LogP contribution in [0, 0.1) is 17.0 Å². The number of carbonyl (C=O) groups excluding carboxylic acids is 3. The molecule has 2 aromatic carbocycles. The summed E-state index contributed by atoms with van der Waals surface area (Å²) in [6, 6.07) is 7.93. The number of halogens is 1. The number of carbonyl (C=O) groups is 3. The maximum absolute atomic E-state index is 12.2. The lowest BCUT2D eigenvalue weighted by atomic mass is 10.1. The van der Waals surface area contributed by atoms with Crippen LogP contribution in [0.1, 0.15) is 26.3 Å². The van der Waals surface area contributed by atoms with E-state index in [0.717, 1.165) is 25.3 Å². The molecule has 0 saturated heterocycles. The molecule has 2 aromatic rings. The van der Waals surface area contributed by atoms with Gasteiger partial charge in [-0.15, -0.1) is 0 Å². The van der Waals surface area contributed by atoms with Gasteiger partial charge in [-0.3, -0.25) is 14.9 Å². The Labute approximate surface area is 164 Å². The van der Waals surface area contributed by atoms with E-state index in [1.165, 1.54) is 0 Å². The quantitative estimate of drug-likeness (QED) is 0.443. The first-order chi connectivity index (χ1) is 13.2. The van der Waals surface area contributed by atoms with Gasteiger partial charge >= 0.3 is 11.9 Å². The molecule has 9 nitrogen and oxygen atoms in total. The summed E-state index contributed by atoms with van der Waals surface area (Å²) in [4.78, 5) is 46.0. The third kappa shape index (κ3) is 5.04. The minimum absolute atomic E-state index is 0.192. The zero-order chi connectivity index (χ0) is 20.8. The lowest BCUT2D eigenvalue weighted by Gasteiger charge is -2.10. The zero-order valence-electron chi connectivity index (χ0n) is 14.9. The Bertz CT molecular complexity index is 959. The van der Waals surface area contributed by atoms with Gasteiger partial charge in [0.25, 0.3) is 11.6 Å². The third-order valence-corrected chi connectivity index (χ3v) is 4.07. The predicted molar refractivity (Wildman–Crippen MR) is 99.5 cm³/mol. The number of nitro benzene ring substituents is 1. The van der Waals surface area contributed by atoms with Crippen LogP contribution in [0.3, 0.4) is 0 Å². The van der Waals surface area contributed by atoms with E-state index >= 15 is 0 Å². The smallest absolute Gasteiger partial charge is 0.338 e. The maximum atomic E-state index is 12.2. The minimum atomic E-state index is -1.01. The van der Waals surface area contributed by atoms with Gasteiger partial charge in [-0.25, -0.2) is 9.59 Å². The van der Waals surface area contributed by atoms with E-state index in [4.69, 9.17) is 16.3 Å². The number of methoxy groups -OCH3 is 1. The van der Waals surface area contributed by atoms with Gasteiger partial charge in [-0.05, 0) is 30.7 Å². The van der Waals surface area contributed by atoms with Crippen molar-refractivity contribution in [3.63, 3.8) is 0 Å². The average Bonchev–Trinajstić information content (AvgIpc) is 2.68. The second kappa shape index (κ2) is 8.96. The first-order valence-corrected chi connectivity index (χ1v) is 8.20. The molecule has 1 N–H and O–H groups in total. The van der Waals surface area contributed by atoms with Crippen molar-refractivity contribution in [3.8, 4) is 0 Å². The van der Waals surface area contributed by atoms with Gasteiger partial charge in [0.15, 0.2) is 6.61 Å². The van der Waals surface area contributed by atoms with Crippen molar-refractivity contribution in [2.24, 2.45) is 0 Å². The molecule has 1 amide bonds. The lowest BCUT2D eigenvalue weighted by molar-refractivity contribution is -0.384. The molecule has 0 atom stereocenters. The molecular formula is C18H15ClN2O7. The Morgan fingerprint density at radius 2 is 1.79 bits per heavy atom. The van der Waals surface area contributed by atoms with E-state index in [0.29, 0.717) is 16.3 Å². The number of anilines is 1. The molecule has 0 spiro atoms. The Morgan fingerprint density at radius 3 is 2.39 bits per heavy atom. The highest BCUT2D eigenvalue weighted by Crippen LogP contribution is 2.23. The van der Waals surface area contributed by atoms with Crippen molar-refractivity contribution in [1.82, 2.24) is 0 Å². The average molecular weight is 407 g/mol. The van der Waals surface area contributed by atoms with Crippen LogP contribution in [0.4, 0.5) is 11.4 Å². The van der Waals surface area contributed by atoms with Gasteiger partial charge in [0.05, 0.1) is 23.2 Å². The van der Waals surface area contributed by atoms with E-state index in [2.05, 4.69) is 10.1 Å². The Morgan fingerprint density at radius 1 is 1.14 bits per heavy atom. The fourth-order valence-electron chi connectivity index (χ4n) is 2.21. The number of non-ortho nitro benzene ring substituents is 1. The van der Waals surface area contributed by atoms with Crippen LogP contribution < -0.4 is 5.32 Å². The Balaban J connectivity index is 2.10. The van der Waals surface area contributed by atoms with E-state index in [-0.39, 0.29) is 11.1 Å². The summed E-state index contributed by atoms with van der Waals surface area (Å²) >= 11 is 5.97. The SMILES string of the molecule is COC(=O)c1cc(C(=O)OCC(=O)Nc2cccc(Cl)c2C)cc([N+](=O)[O-])c1. The fraction of sp³-hybridized carbons (Fsp3) is 0.167. The number of nitrogens with one attached hydrogen (secondary N) is 1. The van der Waals surface area contributed by atoms with Gasteiger partial charge in [0, 0.05) is 22.8 Å². The molecule has 0 aliphatic heterocycles. The number of amides is 1. The lowest BCUT2D eigenvalue weighted by Crippen LogP contribution is -2.21. The molecule has 0 aliphatic rings. The molecule has 0 aromatic heterocycles. The van der Waals surface area contributed by atoms with E-state index in [9.17, 15) is 24.5 Å². The maximum Gasteiger partial charge on any atom is 0.338 e. The highest BCUT2D eigenvalue weighted by atomic mass is 35.5. The number of hydrogen-bond donors (Lipinski definition) is 1. The van der Waals surface area contributed by atoms with Crippen molar-refractivity contribution in [3.05, 3.63) is 68.2 Å². The minimum Gasteiger partial charge on any atom is -0.465 e. The topological polar surface area (TPSA) is 125 Å². The number of nitro groups is 1. The molecule has 0 heterocycles. The van der Waals surface area contributed by atoms with Crippen molar-refractivity contribution in [1.29, 1.82) is 0 Å². The molecule has 28 heavy (non-hydrogen) atoms. The van der Waals surface area contributed by atoms with Gasteiger partial charge in [0.2, 0.25) is 0 Å². The van der Waals surface area contributed by atoms with Gasteiger partial charge < -0.3 is 14.8 Å². The number of benzene rings is 2. The largest absolute Gasteiger partial charge is 0.465 e. The standard InChI is InChI=1S/C18H15ClN2O7/c1-10-14(19)4-3-5-15(10)20-16(22)9-28-18(24)12-6-11(17(23)27-2)7-13(8-12)21(25)26/h3-8H,9H2,1-2H3,(H,20,22). The van der Waals surface area contributed by atoms with Crippen molar-refractivity contribution >= 4 is 40.8 Å². The molecule has 0 bridgehead atoms. The van der Waals surface area contributed by atoms with Gasteiger partial charge in [0.1, 0.15) is 0 Å². The van der Waals surface area contributed by atoms with Crippen LogP contribution in [0.25, 0.3) is 0 Å². The number of ether oxygens (including phenoxy) is 2. The number of nitrogens with zero attached hydrogens (tertiary/aromatic N) is 1. The summed E-state index contributed by atoms with van der Waals surface area (Å²) in [5.74, 6) is -2.49. The monoisotopic (exact) mass is 406 g/mol. The molecule has 0 unspecified atom stereocenters. The van der Waals surface area contributed by atoms with Crippen LogP contribution >= 0.6 is 11.6 Å². The van der Waals surface area contributed by atoms with Crippen molar-refractivity contribution in [2.45, 2.75) is 6.92 Å². The molecule has 0 radical (unpaired) electrons. The molecule has 2 rings (SSSR count). The molecule has 10 heteroatoms. The summed E-state index contributed by atoms with van der Waals surface area (Å²) in [6.45, 7) is 1.07. The van der Waals surface area contributed by atoms with Gasteiger partial charge in [-0.1, -0.05) is 17.7 Å². The van der Waals surface area contributed by atoms with Crippen molar-refractivity contribution < 1.29 is 28.8 Å². The number of hydrogen-bond acceptors (Lipinski definition) is 7. The molecule has 0 fully saturated rings. The van der Waals surface area contributed by atoms with E-state index < -0.39 is 35.1 Å². The number of rotatable bonds is 6. The fourth-order valence-corrected chi connectivity index (χ4v) is 2.39. The summed E-state index contributed by atoms with van der Waals surface area (Å²) in [5.41, 5.74) is 0.153. The third-order valence-electron chi connectivity index (χ3n) is 3.66. The first kappa shape index (κ1) is 20.8. The second-order valence-corrected chi connectivity index (χ2v) is 5.96. The molecule has 0 saturated carbocycles. The van der Waals surface area contributed by atoms with Crippen LogP contribution in [0.2, 0.25) is 5.02 Å². The molecule has 146 valence electrons. The van der Waals surface area contributed by atoms with Gasteiger partial charge in [-0.2, -0.15) is 0 Å².